The van der Waals surface area contributed by atoms with Crippen molar-refractivity contribution in [2.45, 2.75) is 36.6 Å². The molecule has 25 heavy (non-hydrogen) atoms. The lowest BCUT2D eigenvalue weighted by Crippen LogP contribution is -2.44. The van der Waals surface area contributed by atoms with E-state index in [1.54, 1.807) is 18.2 Å². The first kappa shape index (κ1) is 18.1. The average molecular weight is 357 g/mol. The summed E-state index contributed by atoms with van der Waals surface area (Å²) in [4.78, 5) is 2.19. The normalized spacial score (nSPS) is 29.5. The number of hydrogen-bond donors (Lipinski definition) is 1. The number of likely N-dealkylation sites (N-methyl/N-ethyl adjacent to an activating group) is 1. The van der Waals surface area contributed by atoms with Crippen molar-refractivity contribution in [2.24, 2.45) is 0 Å². The number of aliphatic hydroxyl groups is 1. The first-order valence-corrected chi connectivity index (χ1v) is 8.21. The van der Waals surface area contributed by atoms with Crippen LogP contribution in [0, 0.1) is 0 Å². The zero-order valence-corrected chi connectivity index (χ0v) is 14.2. The molecule has 4 nitrogen and oxygen atoms in total. The van der Waals surface area contributed by atoms with Crippen LogP contribution in [0.15, 0.2) is 30.4 Å². The van der Waals surface area contributed by atoms with E-state index >= 15 is 0 Å². The van der Waals surface area contributed by atoms with Crippen molar-refractivity contribution in [2.75, 3.05) is 27.3 Å². The molecule has 0 bridgehead atoms. The number of halogens is 3. The van der Waals surface area contributed by atoms with Gasteiger partial charge >= 0.3 is 6.18 Å². The van der Waals surface area contributed by atoms with Gasteiger partial charge < -0.3 is 19.5 Å². The topological polar surface area (TPSA) is 41.9 Å². The van der Waals surface area contributed by atoms with Crippen molar-refractivity contribution >= 4 is 0 Å². The van der Waals surface area contributed by atoms with Crippen LogP contribution in [-0.4, -0.2) is 55.6 Å². The molecule has 1 aromatic rings. The van der Waals surface area contributed by atoms with Gasteiger partial charge in [0.1, 0.15) is 0 Å². The lowest BCUT2D eigenvalue weighted by molar-refractivity contribution is -0.153. The fourth-order valence-electron chi connectivity index (χ4n) is 3.92. The third-order valence-corrected chi connectivity index (χ3v) is 5.18. The fraction of sp³-hybridized carbons (Fsp3) is 0.556. The molecule has 0 saturated carbocycles. The molecule has 0 spiro atoms. The summed E-state index contributed by atoms with van der Waals surface area (Å²) in [6.45, 7) is -0.510. The van der Waals surface area contributed by atoms with Crippen LogP contribution in [0.3, 0.4) is 0 Å². The van der Waals surface area contributed by atoms with E-state index in [0.717, 1.165) is 18.5 Å². The Morgan fingerprint density at radius 1 is 1.32 bits per heavy atom. The van der Waals surface area contributed by atoms with Gasteiger partial charge in [-0.05, 0) is 44.1 Å². The van der Waals surface area contributed by atoms with E-state index < -0.39 is 18.9 Å². The van der Waals surface area contributed by atoms with E-state index in [1.807, 2.05) is 19.2 Å². The summed E-state index contributed by atoms with van der Waals surface area (Å²) < 4.78 is 47.7. The van der Waals surface area contributed by atoms with Crippen LogP contribution in [0.4, 0.5) is 13.2 Å². The van der Waals surface area contributed by atoms with Gasteiger partial charge in [-0.25, -0.2) is 0 Å². The van der Waals surface area contributed by atoms with Gasteiger partial charge in [0.2, 0.25) is 0 Å². The molecule has 3 atom stereocenters. The van der Waals surface area contributed by atoms with Crippen LogP contribution in [0.25, 0.3) is 0 Å². The van der Waals surface area contributed by atoms with Crippen molar-refractivity contribution in [1.29, 1.82) is 0 Å². The summed E-state index contributed by atoms with van der Waals surface area (Å²) in [5, 5.41) is 9.96. The molecule has 138 valence electrons. The number of ether oxygens (including phenoxy) is 2. The Morgan fingerprint density at radius 3 is 2.76 bits per heavy atom. The molecule has 0 radical (unpaired) electrons. The van der Waals surface area contributed by atoms with Crippen molar-refractivity contribution in [3.8, 4) is 11.5 Å². The molecule has 1 saturated heterocycles. The average Bonchev–Trinajstić information content (AvgIpc) is 2.90. The number of hydrogen-bond acceptors (Lipinski definition) is 4. The van der Waals surface area contributed by atoms with Gasteiger partial charge in [-0.15, -0.1) is 0 Å². The number of methoxy groups -OCH3 is 1. The number of rotatable bonds is 4. The SMILES string of the molecule is COc1ccc([C@@]23C=C[C@H](O)C[C@@H]2N(C)CC3)cc1OCC(F)(F)F. The summed E-state index contributed by atoms with van der Waals surface area (Å²) >= 11 is 0. The molecule has 1 aliphatic carbocycles. The molecule has 1 heterocycles. The van der Waals surface area contributed by atoms with Crippen LogP contribution < -0.4 is 9.47 Å². The van der Waals surface area contributed by atoms with E-state index in [1.165, 1.54) is 7.11 Å². The maximum Gasteiger partial charge on any atom is 0.422 e. The Labute approximate surface area is 144 Å². The highest BCUT2D eigenvalue weighted by atomic mass is 19.4. The second-order valence-corrected chi connectivity index (χ2v) is 6.72. The minimum absolute atomic E-state index is 0.0829. The first-order chi connectivity index (χ1) is 11.7. The number of nitrogens with zero attached hydrogens (tertiary/aromatic N) is 1. The standard InChI is InChI=1S/C18H22F3NO3/c1-22-8-7-17(6-5-13(23)10-16(17)22)12-3-4-14(24-2)15(9-12)25-11-18(19,20)21/h3-6,9,13,16,23H,7-8,10-11H2,1-2H3/t13-,16-,17-/m0/s1. The number of benzene rings is 1. The predicted octanol–water partition coefficient (Wildman–Crippen LogP) is 2.90. The third kappa shape index (κ3) is 3.48. The highest BCUT2D eigenvalue weighted by molar-refractivity contribution is 5.48. The van der Waals surface area contributed by atoms with Gasteiger partial charge in [0.05, 0.1) is 13.2 Å². The summed E-state index contributed by atoms with van der Waals surface area (Å²) in [7, 11) is 3.40. The van der Waals surface area contributed by atoms with Gasteiger partial charge in [0, 0.05) is 11.5 Å². The van der Waals surface area contributed by atoms with E-state index in [2.05, 4.69) is 4.90 Å². The van der Waals surface area contributed by atoms with Gasteiger partial charge in [-0.2, -0.15) is 13.2 Å². The summed E-state index contributed by atoms with van der Waals surface area (Å²) in [6, 6.07) is 5.24. The smallest absolute Gasteiger partial charge is 0.422 e. The third-order valence-electron chi connectivity index (χ3n) is 5.18. The molecule has 1 N–H and O–H groups in total. The fourth-order valence-corrected chi connectivity index (χ4v) is 3.92. The summed E-state index contributed by atoms with van der Waals surface area (Å²) in [6.07, 6.45) is 0.281. The number of fused-ring (bicyclic) bond motifs is 1. The zero-order chi connectivity index (χ0) is 18.2. The van der Waals surface area contributed by atoms with E-state index in [0.29, 0.717) is 6.42 Å². The maximum absolute atomic E-state index is 12.5. The summed E-state index contributed by atoms with van der Waals surface area (Å²) in [5.74, 6) is 0.353. The van der Waals surface area contributed by atoms with Gasteiger partial charge in [-0.3, -0.25) is 0 Å². The van der Waals surface area contributed by atoms with Crippen molar-refractivity contribution < 1.29 is 27.8 Å². The predicted molar refractivity (Wildman–Crippen MR) is 87.0 cm³/mol. The van der Waals surface area contributed by atoms with Crippen LogP contribution in [0.1, 0.15) is 18.4 Å². The lowest BCUT2D eigenvalue weighted by atomic mass is 9.69. The Hall–Kier alpha value is -1.73. The molecule has 3 rings (SSSR count). The molecule has 0 unspecified atom stereocenters. The van der Waals surface area contributed by atoms with Gasteiger partial charge in [-0.1, -0.05) is 18.2 Å². The quantitative estimate of drug-likeness (QED) is 0.842. The highest BCUT2D eigenvalue weighted by Crippen LogP contribution is 2.47. The molecule has 0 amide bonds. The van der Waals surface area contributed by atoms with E-state index in [4.69, 9.17) is 9.47 Å². The molecule has 1 fully saturated rings. The van der Waals surface area contributed by atoms with Crippen LogP contribution in [0.2, 0.25) is 0 Å². The largest absolute Gasteiger partial charge is 0.493 e. The highest BCUT2D eigenvalue weighted by Gasteiger charge is 2.48. The Bertz CT molecular complexity index is 661. The molecular weight excluding hydrogens is 335 g/mol. The zero-order valence-electron chi connectivity index (χ0n) is 14.2. The van der Waals surface area contributed by atoms with Crippen LogP contribution >= 0.6 is 0 Å². The number of alkyl halides is 3. The maximum atomic E-state index is 12.5. The number of aliphatic hydroxyl groups excluding tert-OH is 1. The van der Waals surface area contributed by atoms with Crippen LogP contribution in [-0.2, 0) is 5.41 Å². The molecule has 1 aromatic carbocycles. The minimum atomic E-state index is -4.41. The molecule has 1 aliphatic heterocycles. The summed E-state index contributed by atoms with van der Waals surface area (Å²) in [5.41, 5.74) is 0.541. The van der Waals surface area contributed by atoms with Crippen molar-refractivity contribution in [3.05, 3.63) is 35.9 Å². The van der Waals surface area contributed by atoms with Crippen LogP contribution in [0.5, 0.6) is 11.5 Å². The first-order valence-electron chi connectivity index (χ1n) is 8.21. The van der Waals surface area contributed by atoms with Crippen molar-refractivity contribution in [1.82, 2.24) is 4.90 Å². The second kappa shape index (κ2) is 6.53. The lowest BCUT2D eigenvalue weighted by Gasteiger charge is -2.39. The molecule has 2 aliphatic rings. The van der Waals surface area contributed by atoms with Gasteiger partial charge in [0.15, 0.2) is 18.1 Å². The molecule has 0 aromatic heterocycles. The Morgan fingerprint density at radius 2 is 2.08 bits per heavy atom. The molecular formula is C18H22F3NO3. The van der Waals surface area contributed by atoms with E-state index in [9.17, 15) is 18.3 Å². The Balaban J connectivity index is 1.97. The Kier molecular flexibility index (Phi) is 4.72. The van der Waals surface area contributed by atoms with Gasteiger partial charge in [0.25, 0.3) is 0 Å². The second-order valence-electron chi connectivity index (χ2n) is 6.72. The molecule has 7 heteroatoms. The van der Waals surface area contributed by atoms with Crippen molar-refractivity contribution in [3.63, 3.8) is 0 Å². The number of likely N-dealkylation sites (tertiary alicyclic amines) is 1. The minimum Gasteiger partial charge on any atom is -0.493 e. The van der Waals surface area contributed by atoms with E-state index in [-0.39, 0.29) is 23.0 Å². The monoisotopic (exact) mass is 357 g/mol.